The van der Waals surface area contributed by atoms with Gasteiger partial charge in [0.15, 0.2) is 0 Å². The number of rotatable bonds is 6. The monoisotopic (exact) mass is 224 g/mol. The lowest BCUT2D eigenvalue weighted by atomic mass is 10.1. The van der Waals surface area contributed by atoms with Crippen molar-refractivity contribution in [1.29, 1.82) is 0 Å². The van der Waals surface area contributed by atoms with Crippen LogP contribution in [-0.4, -0.2) is 29.3 Å². The highest BCUT2D eigenvalue weighted by Gasteiger charge is 2.12. The lowest BCUT2D eigenvalue weighted by molar-refractivity contribution is 0.249. The topological polar surface area (TPSA) is 54.4 Å². The van der Waals surface area contributed by atoms with Crippen LogP contribution in [0.5, 0.6) is 5.88 Å². The minimum Gasteiger partial charge on any atom is -0.478 e. The summed E-state index contributed by atoms with van der Waals surface area (Å²) in [6.45, 7) is 6.73. The van der Waals surface area contributed by atoms with Crippen molar-refractivity contribution in [3.8, 4) is 5.88 Å². The largest absolute Gasteiger partial charge is 0.478 e. The quantitative estimate of drug-likeness (QED) is 0.775. The number of hydrogen-bond acceptors (Lipinski definition) is 4. The van der Waals surface area contributed by atoms with E-state index >= 15 is 0 Å². The van der Waals surface area contributed by atoms with Gasteiger partial charge in [-0.25, -0.2) is 0 Å². The number of nitrogens with one attached hydrogen (secondary N) is 1. The lowest BCUT2D eigenvalue weighted by Crippen LogP contribution is -2.29. The van der Waals surface area contributed by atoms with Crippen molar-refractivity contribution in [1.82, 2.24) is 4.98 Å². The molecule has 2 N–H and O–H groups in total. The second-order valence-corrected chi connectivity index (χ2v) is 3.97. The predicted molar refractivity (Wildman–Crippen MR) is 64.7 cm³/mol. The van der Waals surface area contributed by atoms with Crippen molar-refractivity contribution in [3.05, 3.63) is 18.2 Å². The summed E-state index contributed by atoms with van der Waals surface area (Å²) in [5.41, 5.74) is 0. The van der Waals surface area contributed by atoms with Gasteiger partial charge >= 0.3 is 0 Å². The molecule has 0 saturated heterocycles. The van der Waals surface area contributed by atoms with Gasteiger partial charge < -0.3 is 15.2 Å². The Morgan fingerprint density at radius 2 is 2.19 bits per heavy atom. The molecule has 1 unspecified atom stereocenters. The van der Waals surface area contributed by atoms with Crippen LogP contribution in [0.1, 0.15) is 20.8 Å². The smallest absolute Gasteiger partial charge is 0.215 e. The highest BCUT2D eigenvalue weighted by Crippen LogP contribution is 2.14. The number of ether oxygens (including phenoxy) is 1. The highest BCUT2D eigenvalue weighted by atomic mass is 16.5. The summed E-state index contributed by atoms with van der Waals surface area (Å²) in [5, 5.41) is 12.4. The Kier molecular flexibility index (Phi) is 5.05. The van der Waals surface area contributed by atoms with Crippen molar-refractivity contribution in [2.24, 2.45) is 5.92 Å². The molecule has 1 aromatic heterocycles. The number of aliphatic hydroxyl groups excluding tert-OH is 1. The summed E-state index contributed by atoms with van der Waals surface area (Å²) in [7, 11) is 0. The number of nitrogens with zero attached hydrogens (tertiary/aromatic N) is 1. The predicted octanol–water partition coefficient (Wildman–Crippen LogP) is 1.91. The van der Waals surface area contributed by atoms with Crippen molar-refractivity contribution in [2.75, 3.05) is 18.5 Å². The molecule has 0 aromatic carbocycles. The first-order valence-electron chi connectivity index (χ1n) is 5.64. The molecule has 0 aliphatic rings. The van der Waals surface area contributed by atoms with E-state index in [1.807, 2.05) is 25.1 Å². The van der Waals surface area contributed by atoms with Gasteiger partial charge in [-0.3, -0.25) is 0 Å². The van der Waals surface area contributed by atoms with Crippen LogP contribution in [0.4, 0.5) is 5.82 Å². The van der Waals surface area contributed by atoms with Crippen molar-refractivity contribution >= 4 is 5.82 Å². The molecule has 1 heterocycles. The second-order valence-electron chi connectivity index (χ2n) is 3.97. The fourth-order valence-electron chi connectivity index (χ4n) is 1.34. The zero-order valence-corrected chi connectivity index (χ0v) is 10.1. The molecule has 1 atom stereocenters. The molecular weight excluding hydrogens is 204 g/mol. The van der Waals surface area contributed by atoms with Crippen molar-refractivity contribution < 1.29 is 9.84 Å². The summed E-state index contributed by atoms with van der Waals surface area (Å²) >= 11 is 0. The van der Waals surface area contributed by atoms with Crippen LogP contribution >= 0.6 is 0 Å². The van der Waals surface area contributed by atoms with Gasteiger partial charge in [0.1, 0.15) is 5.82 Å². The Balaban J connectivity index is 2.68. The summed E-state index contributed by atoms with van der Waals surface area (Å²) < 4.78 is 5.31. The van der Waals surface area contributed by atoms with Gasteiger partial charge in [-0.2, -0.15) is 4.98 Å². The van der Waals surface area contributed by atoms with E-state index in [2.05, 4.69) is 24.1 Å². The number of hydrogen-bond donors (Lipinski definition) is 2. The minimum atomic E-state index is 0.0179. The van der Waals surface area contributed by atoms with Gasteiger partial charge in [0.25, 0.3) is 0 Å². The Labute approximate surface area is 96.7 Å². The molecule has 0 bridgehead atoms. The van der Waals surface area contributed by atoms with Gasteiger partial charge in [-0.05, 0) is 18.9 Å². The van der Waals surface area contributed by atoms with Crippen molar-refractivity contribution in [3.63, 3.8) is 0 Å². The Hall–Kier alpha value is -1.29. The van der Waals surface area contributed by atoms with E-state index in [4.69, 9.17) is 4.74 Å². The van der Waals surface area contributed by atoms with E-state index in [9.17, 15) is 5.11 Å². The van der Waals surface area contributed by atoms with Crippen LogP contribution in [0.3, 0.4) is 0 Å². The van der Waals surface area contributed by atoms with Gasteiger partial charge in [0.2, 0.25) is 5.88 Å². The molecule has 4 nitrogen and oxygen atoms in total. The molecule has 90 valence electrons. The molecule has 16 heavy (non-hydrogen) atoms. The molecule has 0 spiro atoms. The van der Waals surface area contributed by atoms with Gasteiger partial charge in [0, 0.05) is 6.07 Å². The highest BCUT2D eigenvalue weighted by molar-refractivity contribution is 5.38. The van der Waals surface area contributed by atoms with Crippen LogP contribution in [-0.2, 0) is 0 Å². The number of aliphatic hydroxyl groups is 1. The standard InChI is InChI=1S/C12H20N2O2/c1-4-16-12-7-5-6-11(14-12)13-10(8-15)9(2)3/h5-7,9-10,15H,4,8H2,1-3H3,(H,13,14). The van der Waals surface area contributed by atoms with Crippen LogP contribution in [0, 0.1) is 5.92 Å². The van der Waals surface area contributed by atoms with E-state index < -0.39 is 0 Å². The van der Waals surface area contributed by atoms with Crippen LogP contribution in [0.25, 0.3) is 0 Å². The Bertz CT molecular complexity index is 316. The summed E-state index contributed by atoms with van der Waals surface area (Å²) in [6, 6.07) is 5.59. The first-order chi connectivity index (χ1) is 7.67. The third-order valence-corrected chi connectivity index (χ3v) is 2.35. The second kappa shape index (κ2) is 6.33. The Morgan fingerprint density at radius 3 is 2.75 bits per heavy atom. The molecule has 0 amide bonds. The third-order valence-electron chi connectivity index (χ3n) is 2.35. The SMILES string of the molecule is CCOc1cccc(NC(CO)C(C)C)n1. The molecule has 0 saturated carbocycles. The molecule has 0 aliphatic carbocycles. The third kappa shape index (κ3) is 3.70. The molecule has 0 aliphatic heterocycles. The zero-order valence-electron chi connectivity index (χ0n) is 10.1. The van der Waals surface area contributed by atoms with E-state index in [1.54, 1.807) is 0 Å². The summed E-state index contributed by atoms with van der Waals surface area (Å²) in [4.78, 5) is 4.29. The van der Waals surface area contributed by atoms with E-state index in [-0.39, 0.29) is 12.6 Å². The zero-order chi connectivity index (χ0) is 12.0. The maximum atomic E-state index is 9.21. The average molecular weight is 224 g/mol. The summed E-state index contributed by atoms with van der Waals surface area (Å²) in [6.07, 6.45) is 0. The van der Waals surface area contributed by atoms with E-state index in [0.29, 0.717) is 18.4 Å². The Morgan fingerprint density at radius 1 is 1.44 bits per heavy atom. The molecule has 0 radical (unpaired) electrons. The van der Waals surface area contributed by atoms with Crippen LogP contribution < -0.4 is 10.1 Å². The number of aromatic nitrogens is 1. The molecule has 0 fully saturated rings. The number of anilines is 1. The van der Waals surface area contributed by atoms with Crippen LogP contribution in [0.15, 0.2) is 18.2 Å². The van der Waals surface area contributed by atoms with Crippen molar-refractivity contribution in [2.45, 2.75) is 26.8 Å². The summed E-state index contributed by atoms with van der Waals surface area (Å²) in [5.74, 6) is 1.69. The minimum absolute atomic E-state index is 0.0179. The maximum Gasteiger partial charge on any atom is 0.215 e. The first kappa shape index (κ1) is 12.8. The van der Waals surface area contributed by atoms with Gasteiger partial charge in [0.05, 0.1) is 19.3 Å². The van der Waals surface area contributed by atoms with Crippen LogP contribution in [0.2, 0.25) is 0 Å². The lowest BCUT2D eigenvalue weighted by Gasteiger charge is -2.20. The normalized spacial score (nSPS) is 12.6. The molecule has 1 rings (SSSR count). The molecular formula is C12H20N2O2. The van der Waals surface area contributed by atoms with E-state index in [0.717, 1.165) is 5.82 Å². The van der Waals surface area contributed by atoms with Gasteiger partial charge in [-0.1, -0.05) is 19.9 Å². The van der Waals surface area contributed by atoms with Gasteiger partial charge in [-0.15, -0.1) is 0 Å². The molecule has 1 aromatic rings. The maximum absolute atomic E-state index is 9.21. The number of pyridine rings is 1. The van der Waals surface area contributed by atoms with E-state index in [1.165, 1.54) is 0 Å². The fourth-order valence-corrected chi connectivity index (χ4v) is 1.34. The average Bonchev–Trinajstić information content (AvgIpc) is 2.26. The first-order valence-corrected chi connectivity index (χ1v) is 5.64. The fraction of sp³-hybridized carbons (Fsp3) is 0.583. The molecule has 4 heteroatoms.